The molecule has 140 valence electrons. The number of nitro benzene ring substituents is 1. The van der Waals surface area contributed by atoms with Gasteiger partial charge in [-0.25, -0.2) is 4.79 Å². The Morgan fingerprint density at radius 3 is 2.46 bits per heavy atom. The number of hydrogen-bond donors (Lipinski definition) is 0. The van der Waals surface area contributed by atoms with E-state index in [9.17, 15) is 14.9 Å². The number of benzene rings is 3. The molecular weight excluding hydrogens is 360 g/mol. The predicted molar refractivity (Wildman–Crippen MR) is 103 cm³/mol. The van der Waals surface area contributed by atoms with Crippen molar-refractivity contribution in [1.29, 1.82) is 0 Å². The van der Waals surface area contributed by atoms with E-state index in [1.165, 1.54) is 19.2 Å². The summed E-state index contributed by atoms with van der Waals surface area (Å²) in [6, 6.07) is 19.9. The second kappa shape index (κ2) is 7.03. The maximum atomic E-state index is 12.0. The summed E-state index contributed by atoms with van der Waals surface area (Å²) in [5, 5.41) is 11.6. The van der Waals surface area contributed by atoms with Gasteiger partial charge < -0.3 is 14.4 Å². The van der Waals surface area contributed by atoms with Gasteiger partial charge in [0.1, 0.15) is 5.56 Å². The number of fused-ring (bicyclic) bond motifs is 2. The maximum absolute atomic E-state index is 12.0. The summed E-state index contributed by atoms with van der Waals surface area (Å²) in [6.07, 6.45) is 0. The first-order valence-electron chi connectivity index (χ1n) is 8.57. The van der Waals surface area contributed by atoms with Crippen molar-refractivity contribution in [2.24, 2.45) is 0 Å². The van der Waals surface area contributed by atoms with Crippen LogP contribution in [0.3, 0.4) is 0 Å². The Morgan fingerprint density at radius 2 is 1.75 bits per heavy atom. The van der Waals surface area contributed by atoms with Gasteiger partial charge in [0.15, 0.2) is 11.5 Å². The van der Waals surface area contributed by atoms with Crippen molar-refractivity contribution in [2.45, 2.75) is 6.54 Å². The molecule has 1 heterocycles. The first-order chi connectivity index (χ1) is 13.6. The fourth-order valence-corrected chi connectivity index (χ4v) is 3.23. The van der Waals surface area contributed by atoms with Crippen LogP contribution in [0.15, 0.2) is 66.7 Å². The molecule has 7 nitrogen and oxygen atoms in total. The molecule has 3 aromatic carbocycles. The fraction of sp³-hybridized carbons (Fsp3) is 0.0952. The van der Waals surface area contributed by atoms with E-state index in [0.29, 0.717) is 23.7 Å². The Hall–Kier alpha value is -3.87. The van der Waals surface area contributed by atoms with Crippen LogP contribution in [0.4, 0.5) is 17.1 Å². The summed E-state index contributed by atoms with van der Waals surface area (Å²) < 4.78 is 10.6. The molecule has 1 aliphatic rings. The molecule has 28 heavy (non-hydrogen) atoms. The van der Waals surface area contributed by atoms with Gasteiger partial charge >= 0.3 is 5.97 Å². The number of esters is 1. The fourth-order valence-electron chi connectivity index (χ4n) is 3.23. The third kappa shape index (κ3) is 3.03. The summed E-state index contributed by atoms with van der Waals surface area (Å²) in [5.74, 6) is 0.183. The molecule has 0 atom stereocenters. The average molecular weight is 376 g/mol. The quantitative estimate of drug-likeness (QED) is 0.369. The van der Waals surface area contributed by atoms with Gasteiger partial charge in [-0.2, -0.15) is 0 Å². The lowest BCUT2D eigenvalue weighted by Gasteiger charge is -2.33. The van der Waals surface area contributed by atoms with Gasteiger partial charge in [0, 0.05) is 18.7 Å². The molecule has 0 fully saturated rings. The summed E-state index contributed by atoms with van der Waals surface area (Å²) >= 11 is 0. The number of nitro groups is 1. The van der Waals surface area contributed by atoms with Crippen LogP contribution in [0, 0.1) is 10.1 Å². The largest absolute Gasteiger partial charge is 0.465 e. The van der Waals surface area contributed by atoms with Crippen molar-refractivity contribution in [1.82, 2.24) is 0 Å². The molecule has 0 bridgehead atoms. The minimum absolute atomic E-state index is 0.148. The van der Waals surface area contributed by atoms with Crippen LogP contribution in [0.25, 0.3) is 0 Å². The third-order valence-corrected chi connectivity index (χ3v) is 4.53. The molecule has 1 aliphatic heterocycles. The van der Waals surface area contributed by atoms with E-state index in [2.05, 4.69) is 0 Å². The molecular formula is C21H16N2O5. The SMILES string of the molecule is COC(=O)c1cc2c(cc1[N+](=O)[O-])N(Cc1ccccc1)c1ccccc1O2. The van der Waals surface area contributed by atoms with E-state index >= 15 is 0 Å². The summed E-state index contributed by atoms with van der Waals surface area (Å²) in [6.45, 7) is 0.489. The highest BCUT2D eigenvalue weighted by atomic mass is 16.6. The molecule has 4 rings (SSSR count). The second-order valence-electron chi connectivity index (χ2n) is 6.23. The van der Waals surface area contributed by atoms with Crippen LogP contribution in [0.1, 0.15) is 15.9 Å². The molecule has 0 spiro atoms. The van der Waals surface area contributed by atoms with Gasteiger partial charge in [0.2, 0.25) is 0 Å². The normalized spacial score (nSPS) is 11.8. The number of methoxy groups -OCH3 is 1. The lowest BCUT2D eigenvalue weighted by Crippen LogP contribution is -2.21. The lowest BCUT2D eigenvalue weighted by atomic mass is 10.1. The second-order valence-corrected chi connectivity index (χ2v) is 6.23. The Kier molecular flexibility index (Phi) is 4.41. The monoisotopic (exact) mass is 376 g/mol. The number of carbonyl (C=O) groups excluding carboxylic acids is 1. The zero-order valence-electron chi connectivity index (χ0n) is 15.0. The zero-order valence-corrected chi connectivity index (χ0v) is 15.0. The summed E-state index contributed by atoms with van der Waals surface area (Å²) in [7, 11) is 1.18. The standard InChI is InChI=1S/C21H16N2O5/c1-27-21(24)15-11-20-18(12-17(15)23(25)26)22(13-14-7-3-2-4-8-14)16-9-5-6-10-19(16)28-20/h2-12H,13H2,1H3. The Morgan fingerprint density at radius 1 is 1.04 bits per heavy atom. The summed E-state index contributed by atoms with van der Waals surface area (Å²) in [4.78, 5) is 25.0. The topological polar surface area (TPSA) is 81.9 Å². The van der Waals surface area contributed by atoms with E-state index in [1.807, 2.05) is 59.5 Å². The van der Waals surface area contributed by atoms with Crippen molar-refractivity contribution < 1.29 is 19.2 Å². The number of hydrogen-bond acceptors (Lipinski definition) is 6. The van der Waals surface area contributed by atoms with Crippen molar-refractivity contribution in [3.8, 4) is 11.5 Å². The van der Waals surface area contributed by atoms with Gasteiger partial charge in [0.05, 0.1) is 23.4 Å². The average Bonchev–Trinajstić information content (AvgIpc) is 2.72. The smallest absolute Gasteiger partial charge is 0.345 e. The minimum atomic E-state index is -0.786. The van der Waals surface area contributed by atoms with Gasteiger partial charge in [-0.3, -0.25) is 10.1 Å². The number of ether oxygens (including phenoxy) is 2. The molecule has 0 saturated heterocycles. The van der Waals surface area contributed by atoms with Crippen molar-refractivity contribution >= 4 is 23.0 Å². The Labute approximate surface area is 160 Å². The van der Waals surface area contributed by atoms with Crippen LogP contribution in [0.5, 0.6) is 11.5 Å². The van der Waals surface area contributed by atoms with Gasteiger partial charge in [-0.05, 0) is 17.7 Å². The molecule has 0 saturated carbocycles. The molecule has 7 heteroatoms. The Bertz CT molecular complexity index is 1070. The predicted octanol–water partition coefficient (Wildman–Crippen LogP) is 4.83. The number of rotatable bonds is 4. The lowest BCUT2D eigenvalue weighted by molar-refractivity contribution is -0.385. The van der Waals surface area contributed by atoms with Gasteiger partial charge in [-0.15, -0.1) is 0 Å². The minimum Gasteiger partial charge on any atom is -0.465 e. The molecule has 0 aliphatic carbocycles. The van der Waals surface area contributed by atoms with Crippen LogP contribution in [-0.2, 0) is 11.3 Å². The van der Waals surface area contributed by atoms with Crippen LogP contribution in [0.2, 0.25) is 0 Å². The molecule has 0 unspecified atom stereocenters. The van der Waals surface area contributed by atoms with Gasteiger partial charge in [0.25, 0.3) is 5.69 Å². The highest BCUT2D eigenvalue weighted by Gasteiger charge is 2.31. The molecule has 0 amide bonds. The summed E-state index contributed by atoms with van der Waals surface area (Å²) in [5.41, 5.74) is 1.86. The van der Waals surface area contributed by atoms with E-state index < -0.39 is 10.9 Å². The van der Waals surface area contributed by atoms with Crippen molar-refractivity contribution in [3.63, 3.8) is 0 Å². The van der Waals surface area contributed by atoms with E-state index in [-0.39, 0.29) is 11.3 Å². The molecule has 0 radical (unpaired) electrons. The van der Waals surface area contributed by atoms with Crippen LogP contribution < -0.4 is 9.64 Å². The maximum Gasteiger partial charge on any atom is 0.345 e. The molecule has 0 aromatic heterocycles. The number of nitrogens with zero attached hydrogens (tertiary/aromatic N) is 2. The van der Waals surface area contributed by atoms with Gasteiger partial charge in [-0.1, -0.05) is 42.5 Å². The molecule has 0 N–H and O–H groups in total. The van der Waals surface area contributed by atoms with E-state index in [0.717, 1.165) is 11.3 Å². The number of anilines is 2. The first kappa shape index (κ1) is 17.5. The number of para-hydroxylation sites is 2. The Balaban J connectivity index is 1.89. The van der Waals surface area contributed by atoms with E-state index in [4.69, 9.17) is 9.47 Å². The van der Waals surface area contributed by atoms with Crippen molar-refractivity contribution in [3.05, 3.63) is 88.0 Å². The first-order valence-corrected chi connectivity index (χ1v) is 8.57. The highest BCUT2D eigenvalue weighted by molar-refractivity contribution is 5.96. The van der Waals surface area contributed by atoms with E-state index in [1.54, 1.807) is 0 Å². The van der Waals surface area contributed by atoms with Crippen LogP contribution in [-0.4, -0.2) is 18.0 Å². The zero-order chi connectivity index (χ0) is 19.7. The highest BCUT2D eigenvalue weighted by Crippen LogP contribution is 2.49. The third-order valence-electron chi connectivity index (χ3n) is 4.53. The molecule has 3 aromatic rings. The number of carbonyl (C=O) groups is 1. The van der Waals surface area contributed by atoms with Crippen molar-refractivity contribution in [2.75, 3.05) is 12.0 Å². The van der Waals surface area contributed by atoms with Crippen LogP contribution >= 0.6 is 0 Å².